The Labute approximate surface area is 174 Å². The first kappa shape index (κ1) is 19.6. The number of piperazine rings is 1. The van der Waals surface area contributed by atoms with Crippen LogP contribution < -0.4 is 10.5 Å². The molecular formula is C22H26N4O2S. The molecule has 0 atom stereocenters. The summed E-state index contributed by atoms with van der Waals surface area (Å²) in [6.45, 7) is 9.28. The zero-order chi connectivity index (χ0) is 20.5. The van der Waals surface area contributed by atoms with Crippen LogP contribution in [0.2, 0.25) is 0 Å². The summed E-state index contributed by atoms with van der Waals surface area (Å²) in [5.41, 5.74) is 1.65. The molecule has 3 heterocycles. The van der Waals surface area contributed by atoms with E-state index in [9.17, 15) is 9.59 Å². The minimum atomic E-state index is -0.0499. The summed E-state index contributed by atoms with van der Waals surface area (Å²) in [5, 5.41) is 0. The minimum absolute atomic E-state index is 0.0499. The maximum Gasteiger partial charge on any atom is 0.294 e. The summed E-state index contributed by atoms with van der Waals surface area (Å²) < 4.78 is 1.84. The highest BCUT2D eigenvalue weighted by Crippen LogP contribution is 2.20. The fourth-order valence-corrected chi connectivity index (χ4v) is 4.59. The van der Waals surface area contributed by atoms with E-state index in [-0.39, 0.29) is 11.5 Å². The molecule has 0 spiro atoms. The van der Waals surface area contributed by atoms with Crippen LogP contribution in [0.25, 0.3) is 11.0 Å². The van der Waals surface area contributed by atoms with Crippen LogP contribution in [0.1, 0.15) is 28.4 Å². The quantitative estimate of drug-likeness (QED) is 0.662. The van der Waals surface area contributed by atoms with Crippen LogP contribution in [0.4, 0.5) is 5.82 Å². The van der Waals surface area contributed by atoms with Gasteiger partial charge in [0.1, 0.15) is 0 Å². The number of carbonyl (C=O) groups is 1. The lowest BCUT2D eigenvalue weighted by Crippen LogP contribution is -2.50. The second-order valence-electron chi connectivity index (χ2n) is 7.92. The van der Waals surface area contributed by atoms with Crippen molar-refractivity contribution in [2.45, 2.75) is 27.3 Å². The van der Waals surface area contributed by atoms with E-state index in [0.29, 0.717) is 44.5 Å². The molecule has 0 aliphatic carbocycles. The number of anilines is 1. The lowest BCUT2D eigenvalue weighted by molar-refractivity contribution is 0.0751. The Morgan fingerprint density at radius 2 is 1.83 bits per heavy atom. The number of benzene rings is 1. The van der Waals surface area contributed by atoms with Gasteiger partial charge in [0.05, 0.1) is 15.9 Å². The van der Waals surface area contributed by atoms with Crippen LogP contribution >= 0.6 is 11.3 Å². The molecule has 0 N–H and O–H groups in total. The van der Waals surface area contributed by atoms with Gasteiger partial charge in [0.25, 0.3) is 11.5 Å². The predicted molar refractivity (Wildman–Crippen MR) is 118 cm³/mol. The number of carbonyl (C=O) groups excluding carboxylic acids is 1. The molecule has 4 rings (SSSR count). The summed E-state index contributed by atoms with van der Waals surface area (Å²) in [6.07, 6.45) is 0. The Bertz CT molecular complexity index is 1090. The number of para-hydroxylation sites is 2. The van der Waals surface area contributed by atoms with Gasteiger partial charge in [-0.3, -0.25) is 9.59 Å². The Morgan fingerprint density at radius 1 is 1.10 bits per heavy atom. The van der Waals surface area contributed by atoms with Crippen molar-refractivity contribution in [3.05, 3.63) is 56.5 Å². The van der Waals surface area contributed by atoms with Crippen LogP contribution in [0, 0.1) is 12.8 Å². The molecule has 3 aromatic rings. The van der Waals surface area contributed by atoms with Gasteiger partial charge in [0, 0.05) is 37.6 Å². The normalized spacial score (nSPS) is 14.8. The molecule has 6 nitrogen and oxygen atoms in total. The maximum absolute atomic E-state index is 13.2. The lowest BCUT2D eigenvalue weighted by Gasteiger charge is -2.35. The molecule has 1 fully saturated rings. The summed E-state index contributed by atoms with van der Waals surface area (Å²) in [7, 11) is 0. The van der Waals surface area contributed by atoms with Crippen LogP contribution in [-0.4, -0.2) is 46.5 Å². The van der Waals surface area contributed by atoms with Gasteiger partial charge in [-0.1, -0.05) is 26.0 Å². The molecule has 1 aromatic carbocycles. The summed E-state index contributed by atoms with van der Waals surface area (Å²) in [4.78, 5) is 36.4. The fourth-order valence-electron chi connectivity index (χ4n) is 3.76. The van der Waals surface area contributed by atoms with E-state index < -0.39 is 0 Å². The average Bonchev–Trinajstić information content (AvgIpc) is 3.15. The topological polar surface area (TPSA) is 58.4 Å². The van der Waals surface area contributed by atoms with Crippen molar-refractivity contribution in [3.63, 3.8) is 0 Å². The number of fused-ring (bicyclic) bond motifs is 1. The highest BCUT2D eigenvalue weighted by Gasteiger charge is 2.26. The number of amides is 1. The number of aromatic nitrogens is 2. The molecule has 0 radical (unpaired) electrons. The minimum Gasteiger partial charge on any atom is -0.348 e. The molecule has 1 amide bonds. The largest absolute Gasteiger partial charge is 0.348 e. The Kier molecular flexibility index (Phi) is 5.41. The molecule has 29 heavy (non-hydrogen) atoms. The Balaban J connectivity index is 1.59. The summed E-state index contributed by atoms with van der Waals surface area (Å²) >= 11 is 1.53. The maximum atomic E-state index is 13.2. The van der Waals surface area contributed by atoms with E-state index in [4.69, 9.17) is 0 Å². The highest BCUT2D eigenvalue weighted by atomic mass is 32.1. The number of thiophene rings is 1. The monoisotopic (exact) mass is 410 g/mol. The third-order valence-electron chi connectivity index (χ3n) is 5.20. The molecular weight excluding hydrogens is 384 g/mol. The lowest BCUT2D eigenvalue weighted by atomic mass is 10.2. The predicted octanol–water partition coefficient (Wildman–Crippen LogP) is 3.38. The van der Waals surface area contributed by atoms with Gasteiger partial charge in [-0.2, -0.15) is 0 Å². The molecule has 1 aliphatic heterocycles. The van der Waals surface area contributed by atoms with Crippen molar-refractivity contribution in [1.29, 1.82) is 0 Å². The van der Waals surface area contributed by atoms with Gasteiger partial charge < -0.3 is 14.4 Å². The molecule has 0 bridgehead atoms. The average molecular weight is 411 g/mol. The molecule has 7 heteroatoms. The van der Waals surface area contributed by atoms with Crippen molar-refractivity contribution < 1.29 is 4.79 Å². The molecule has 2 aromatic heterocycles. The first-order valence-corrected chi connectivity index (χ1v) is 10.9. The van der Waals surface area contributed by atoms with Crippen LogP contribution in [-0.2, 0) is 6.54 Å². The third-order valence-corrected chi connectivity index (χ3v) is 6.19. The van der Waals surface area contributed by atoms with Crippen molar-refractivity contribution in [1.82, 2.24) is 14.5 Å². The standard InChI is InChI=1S/C22H26N4O2S/c1-15(2)14-26-18-7-5-4-6-17(18)23-20(22(26)28)24-10-12-25(13-11-24)21(27)19-9-8-16(3)29-19/h4-9,15H,10-14H2,1-3H3. The van der Waals surface area contributed by atoms with Crippen molar-refractivity contribution in [2.24, 2.45) is 5.92 Å². The van der Waals surface area contributed by atoms with E-state index in [1.165, 1.54) is 11.3 Å². The van der Waals surface area contributed by atoms with Gasteiger partial charge in [-0.25, -0.2) is 4.98 Å². The first-order valence-electron chi connectivity index (χ1n) is 10.0. The second-order valence-corrected chi connectivity index (χ2v) is 9.21. The van der Waals surface area contributed by atoms with Gasteiger partial charge in [-0.15, -0.1) is 11.3 Å². The van der Waals surface area contributed by atoms with Crippen molar-refractivity contribution in [3.8, 4) is 0 Å². The number of hydrogen-bond acceptors (Lipinski definition) is 5. The van der Waals surface area contributed by atoms with Crippen LogP contribution in [0.5, 0.6) is 0 Å². The van der Waals surface area contributed by atoms with Gasteiger partial charge in [0.2, 0.25) is 0 Å². The molecule has 1 aliphatic rings. The SMILES string of the molecule is Cc1ccc(C(=O)N2CCN(c3nc4ccccc4n(CC(C)C)c3=O)CC2)s1. The van der Waals surface area contributed by atoms with Crippen LogP contribution in [0.3, 0.4) is 0 Å². The van der Waals surface area contributed by atoms with E-state index in [0.717, 1.165) is 20.8 Å². The fraction of sp³-hybridized carbons (Fsp3) is 0.409. The van der Waals surface area contributed by atoms with Gasteiger partial charge in [-0.05, 0) is 37.1 Å². The molecule has 0 saturated carbocycles. The number of rotatable bonds is 4. The van der Waals surface area contributed by atoms with Crippen molar-refractivity contribution >= 4 is 34.1 Å². The molecule has 1 saturated heterocycles. The van der Waals surface area contributed by atoms with Crippen molar-refractivity contribution in [2.75, 3.05) is 31.1 Å². The second kappa shape index (κ2) is 7.99. The van der Waals surface area contributed by atoms with Crippen LogP contribution in [0.15, 0.2) is 41.2 Å². The summed E-state index contributed by atoms with van der Waals surface area (Å²) in [5.74, 6) is 0.921. The van der Waals surface area contributed by atoms with E-state index >= 15 is 0 Å². The van der Waals surface area contributed by atoms with Gasteiger partial charge >= 0.3 is 0 Å². The van der Waals surface area contributed by atoms with E-state index in [1.807, 2.05) is 57.7 Å². The summed E-state index contributed by atoms with van der Waals surface area (Å²) in [6, 6.07) is 11.7. The smallest absolute Gasteiger partial charge is 0.294 e. The molecule has 0 unspecified atom stereocenters. The zero-order valence-electron chi connectivity index (χ0n) is 17.1. The zero-order valence-corrected chi connectivity index (χ0v) is 17.9. The number of aryl methyl sites for hydroxylation is 1. The Hall–Kier alpha value is -2.67. The van der Waals surface area contributed by atoms with E-state index in [2.05, 4.69) is 18.8 Å². The Morgan fingerprint density at radius 3 is 2.48 bits per heavy atom. The first-order chi connectivity index (χ1) is 13.9. The van der Waals surface area contributed by atoms with E-state index in [1.54, 1.807) is 0 Å². The highest BCUT2D eigenvalue weighted by molar-refractivity contribution is 7.13. The molecule has 152 valence electrons. The van der Waals surface area contributed by atoms with Gasteiger partial charge in [0.15, 0.2) is 5.82 Å². The third kappa shape index (κ3) is 3.92. The number of hydrogen-bond donors (Lipinski definition) is 0. The number of nitrogens with zero attached hydrogens (tertiary/aromatic N) is 4.